The molecule has 0 aromatic heterocycles. The van der Waals surface area contributed by atoms with Gasteiger partial charge < -0.3 is 10.1 Å². The van der Waals surface area contributed by atoms with Crippen LogP contribution in [0.2, 0.25) is 5.02 Å². The number of amides is 1. The zero-order valence-corrected chi connectivity index (χ0v) is 17.0. The Balaban J connectivity index is 1.54. The van der Waals surface area contributed by atoms with Gasteiger partial charge in [-0.15, -0.1) is 0 Å². The van der Waals surface area contributed by atoms with Crippen molar-refractivity contribution in [1.82, 2.24) is 4.90 Å². The van der Waals surface area contributed by atoms with E-state index in [0.717, 1.165) is 38.4 Å². The van der Waals surface area contributed by atoms with E-state index in [9.17, 15) is 13.2 Å². The van der Waals surface area contributed by atoms with E-state index in [-0.39, 0.29) is 23.0 Å². The van der Waals surface area contributed by atoms with Crippen LogP contribution in [0.25, 0.3) is 0 Å². The fourth-order valence-electron chi connectivity index (χ4n) is 2.98. The summed E-state index contributed by atoms with van der Waals surface area (Å²) in [6.07, 6.45) is -0.112. The molecule has 6 nitrogen and oxygen atoms in total. The minimum atomic E-state index is -3.53. The van der Waals surface area contributed by atoms with Gasteiger partial charge >= 0.3 is 0 Å². The van der Waals surface area contributed by atoms with Gasteiger partial charge in [0.25, 0.3) is 0 Å². The van der Waals surface area contributed by atoms with Gasteiger partial charge in [0.15, 0.2) is 9.84 Å². The molecular weight excluding hydrogens is 400 g/mol. The summed E-state index contributed by atoms with van der Waals surface area (Å²) in [5.41, 5.74) is 1.76. The highest BCUT2D eigenvalue weighted by molar-refractivity contribution is 7.91. The number of sulfone groups is 1. The van der Waals surface area contributed by atoms with E-state index < -0.39 is 9.84 Å². The summed E-state index contributed by atoms with van der Waals surface area (Å²) in [5.74, 6) is -0.588. The number of morpholine rings is 1. The molecule has 2 aromatic rings. The lowest BCUT2D eigenvalue weighted by molar-refractivity contribution is -0.115. The molecule has 0 radical (unpaired) electrons. The van der Waals surface area contributed by atoms with E-state index in [1.165, 1.54) is 24.3 Å². The number of benzene rings is 2. The maximum absolute atomic E-state index is 12.3. The van der Waals surface area contributed by atoms with Crippen LogP contribution in [-0.4, -0.2) is 51.3 Å². The predicted molar refractivity (Wildman–Crippen MR) is 109 cm³/mol. The van der Waals surface area contributed by atoms with Crippen molar-refractivity contribution in [3.63, 3.8) is 0 Å². The summed E-state index contributed by atoms with van der Waals surface area (Å²) in [5, 5.41) is 3.25. The van der Waals surface area contributed by atoms with Crippen LogP contribution in [0.1, 0.15) is 12.0 Å². The number of nitrogens with one attached hydrogen (secondary N) is 1. The summed E-state index contributed by atoms with van der Waals surface area (Å²) in [4.78, 5) is 14.7. The van der Waals surface area contributed by atoms with Crippen LogP contribution in [0.15, 0.2) is 53.4 Å². The van der Waals surface area contributed by atoms with Crippen LogP contribution in [-0.2, 0) is 25.9 Å². The molecule has 1 aliphatic rings. The first-order chi connectivity index (χ1) is 13.4. The molecule has 3 rings (SSSR count). The molecule has 150 valence electrons. The first kappa shape index (κ1) is 20.8. The monoisotopic (exact) mass is 422 g/mol. The third-order valence-electron chi connectivity index (χ3n) is 4.49. The molecule has 1 amide bonds. The van der Waals surface area contributed by atoms with E-state index in [2.05, 4.69) is 10.2 Å². The third kappa shape index (κ3) is 6.04. The van der Waals surface area contributed by atoms with E-state index in [4.69, 9.17) is 16.3 Å². The Morgan fingerprint density at radius 3 is 2.54 bits per heavy atom. The van der Waals surface area contributed by atoms with E-state index in [1.54, 1.807) is 6.07 Å². The van der Waals surface area contributed by atoms with Gasteiger partial charge in [0.05, 0.1) is 23.9 Å². The molecule has 1 aliphatic heterocycles. The highest BCUT2D eigenvalue weighted by Gasteiger charge is 2.17. The van der Waals surface area contributed by atoms with Gasteiger partial charge in [-0.1, -0.05) is 23.7 Å². The maximum atomic E-state index is 12.3. The van der Waals surface area contributed by atoms with Crippen molar-refractivity contribution >= 4 is 33.0 Å². The number of ether oxygens (including phenoxy) is 1. The van der Waals surface area contributed by atoms with Crippen molar-refractivity contribution in [2.75, 3.05) is 37.4 Å². The molecule has 8 heteroatoms. The molecule has 28 heavy (non-hydrogen) atoms. The van der Waals surface area contributed by atoms with Crippen molar-refractivity contribution in [3.05, 3.63) is 59.1 Å². The van der Waals surface area contributed by atoms with E-state index in [0.29, 0.717) is 10.7 Å². The standard InChI is InChI=1S/C20H23ClN2O4S/c21-17-4-6-19(7-5-17)28(25,26)13-8-20(24)22-18-3-1-2-16(14-18)15-23-9-11-27-12-10-23/h1-7,14H,8-13,15H2,(H,22,24). The van der Waals surface area contributed by atoms with Crippen LogP contribution in [0.3, 0.4) is 0 Å². The Bertz CT molecular complexity index is 910. The number of rotatable bonds is 7. The first-order valence-electron chi connectivity index (χ1n) is 9.10. The molecule has 0 bridgehead atoms. The summed E-state index contributed by atoms with van der Waals surface area (Å²) < 4.78 is 30.0. The molecule has 0 aliphatic carbocycles. The van der Waals surface area contributed by atoms with Crippen molar-refractivity contribution in [2.45, 2.75) is 17.9 Å². The second-order valence-electron chi connectivity index (χ2n) is 6.66. The lowest BCUT2D eigenvalue weighted by atomic mass is 10.2. The number of carbonyl (C=O) groups excluding carboxylic acids is 1. The van der Waals surface area contributed by atoms with Crippen LogP contribution in [0.5, 0.6) is 0 Å². The third-order valence-corrected chi connectivity index (χ3v) is 6.48. The van der Waals surface area contributed by atoms with Gasteiger partial charge in [0, 0.05) is 36.8 Å². The molecule has 2 aromatic carbocycles. The predicted octanol–water partition coefficient (Wildman–Crippen LogP) is 2.97. The Morgan fingerprint density at radius 2 is 1.82 bits per heavy atom. The number of carbonyl (C=O) groups is 1. The van der Waals surface area contributed by atoms with Crippen LogP contribution >= 0.6 is 11.6 Å². The fourth-order valence-corrected chi connectivity index (χ4v) is 4.34. The molecule has 1 N–H and O–H groups in total. The quantitative estimate of drug-likeness (QED) is 0.742. The highest BCUT2D eigenvalue weighted by atomic mass is 35.5. The summed E-state index contributed by atoms with van der Waals surface area (Å²) in [7, 11) is -3.53. The molecule has 0 saturated carbocycles. The smallest absolute Gasteiger partial charge is 0.225 e. The average molecular weight is 423 g/mol. The highest BCUT2D eigenvalue weighted by Crippen LogP contribution is 2.17. The Kier molecular flexibility index (Phi) is 7.07. The second kappa shape index (κ2) is 9.52. The van der Waals surface area contributed by atoms with E-state index in [1.807, 2.05) is 18.2 Å². The number of nitrogens with zero attached hydrogens (tertiary/aromatic N) is 1. The van der Waals surface area contributed by atoms with Crippen LogP contribution in [0, 0.1) is 0 Å². The SMILES string of the molecule is O=C(CCS(=O)(=O)c1ccc(Cl)cc1)Nc1cccc(CN2CCOCC2)c1. The molecule has 1 fully saturated rings. The van der Waals surface area contributed by atoms with Gasteiger partial charge in [0.2, 0.25) is 5.91 Å². The lowest BCUT2D eigenvalue weighted by Gasteiger charge is -2.26. The maximum Gasteiger partial charge on any atom is 0.225 e. The fraction of sp³-hybridized carbons (Fsp3) is 0.350. The lowest BCUT2D eigenvalue weighted by Crippen LogP contribution is -2.35. The molecular formula is C20H23ClN2O4S. The van der Waals surface area contributed by atoms with Gasteiger partial charge in [0.1, 0.15) is 0 Å². The Labute approximate surface area is 170 Å². The second-order valence-corrected chi connectivity index (χ2v) is 9.21. The van der Waals surface area contributed by atoms with Gasteiger partial charge in [-0.2, -0.15) is 0 Å². The zero-order valence-electron chi connectivity index (χ0n) is 15.4. The Morgan fingerprint density at radius 1 is 1.11 bits per heavy atom. The molecule has 0 atom stereocenters. The van der Waals surface area contributed by atoms with Crippen molar-refractivity contribution in [2.24, 2.45) is 0 Å². The van der Waals surface area contributed by atoms with Gasteiger partial charge in [-0.3, -0.25) is 9.69 Å². The minimum absolute atomic E-state index is 0.112. The summed E-state index contributed by atoms with van der Waals surface area (Å²) in [6.45, 7) is 4.04. The Hall–Kier alpha value is -1.93. The molecule has 0 spiro atoms. The number of anilines is 1. The zero-order chi connectivity index (χ0) is 20.0. The van der Waals surface area contributed by atoms with Crippen LogP contribution < -0.4 is 5.32 Å². The minimum Gasteiger partial charge on any atom is -0.379 e. The topological polar surface area (TPSA) is 75.7 Å². The summed E-state index contributed by atoms with van der Waals surface area (Å²) >= 11 is 5.79. The number of hydrogen-bond donors (Lipinski definition) is 1. The van der Waals surface area contributed by atoms with Gasteiger partial charge in [-0.25, -0.2) is 8.42 Å². The van der Waals surface area contributed by atoms with Crippen molar-refractivity contribution in [3.8, 4) is 0 Å². The largest absolute Gasteiger partial charge is 0.379 e. The van der Waals surface area contributed by atoms with E-state index >= 15 is 0 Å². The van der Waals surface area contributed by atoms with Crippen molar-refractivity contribution < 1.29 is 17.9 Å². The first-order valence-corrected chi connectivity index (χ1v) is 11.1. The average Bonchev–Trinajstić information content (AvgIpc) is 2.68. The number of halogens is 1. The van der Waals surface area contributed by atoms with Crippen LogP contribution in [0.4, 0.5) is 5.69 Å². The summed E-state index contributed by atoms with van der Waals surface area (Å²) in [6, 6.07) is 13.6. The molecule has 0 unspecified atom stereocenters. The normalized spacial score (nSPS) is 15.3. The molecule has 1 heterocycles. The number of hydrogen-bond acceptors (Lipinski definition) is 5. The van der Waals surface area contributed by atoms with Gasteiger partial charge in [-0.05, 0) is 42.0 Å². The van der Waals surface area contributed by atoms with Crippen molar-refractivity contribution in [1.29, 1.82) is 0 Å². The molecule has 1 saturated heterocycles.